The summed E-state index contributed by atoms with van der Waals surface area (Å²) in [6.07, 6.45) is 1.72. The van der Waals surface area contributed by atoms with Crippen LogP contribution < -0.4 is 5.73 Å². The van der Waals surface area contributed by atoms with Crippen molar-refractivity contribution in [1.29, 1.82) is 5.41 Å². The molecule has 0 aliphatic carbocycles. The zero-order chi connectivity index (χ0) is 14.0. The van der Waals surface area contributed by atoms with E-state index in [9.17, 15) is 13.9 Å². The van der Waals surface area contributed by atoms with Crippen LogP contribution in [0.2, 0.25) is 0 Å². The van der Waals surface area contributed by atoms with Crippen LogP contribution in [-0.4, -0.2) is 27.9 Å². The number of nitrogens with one attached hydrogen (secondary N) is 1. The Hall–Kier alpha value is -1.08. The molecule has 0 fully saturated rings. The number of nitrogens with zero attached hydrogens (tertiary/aromatic N) is 1. The van der Waals surface area contributed by atoms with Gasteiger partial charge in [-0.1, -0.05) is 0 Å². The van der Waals surface area contributed by atoms with Crippen LogP contribution in [-0.2, 0) is 13.9 Å². The molecule has 0 heterocycles. The number of nitrogens with two attached hydrogens (primary N) is 1. The molecule has 98 valence electrons. The zero-order valence-corrected chi connectivity index (χ0v) is 11.3. The van der Waals surface area contributed by atoms with Gasteiger partial charge in [-0.2, -0.15) is 0 Å². The Morgan fingerprint density at radius 2 is 1.89 bits per heavy atom. The SMILES string of the molecule is N=C(CCCCC(N)C(=O)O)N(C#P=O)C#P=O. The molecule has 0 aliphatic heterocycles. The summed E-state index contributed by atoms with van der Waals surface area (Å²) >= 11 is 0. The van der Waals surface area contributed by atoms with E-state index >= 15 is 0 Å². The molecule has 0 saturated carbocycles. The molecule has 0 amide bonds. The van der Waals surface area contributed by atoms with Gasteiger partial charge in [0.05, 0.1) is 0 Å². The van der Waals surface area contributed by atoms with Crippen molar-refractivity contribution in [3.8, 4) is 11.5 Å². The maximum atomic E-state index is 10.4. The normalized spacial score (nSPS) is 10.7. The van der Waals surface area contributed by atoms with Crippen LogP contribution in [0.1, 0.15) is 25.7 Å². The van der Waals surface area contributed by atoms with Gasteiger partial charge in [0.25, 0.3) is 0 Å². The second-order valence-corrected chi connectivity index (χ2v) is 4.12. The van der Waals surface area contributed by atoms with Gasteiger partial charge >= 0.3 is 106 Å². The van der Waals surface area contributed by atoms with Gasteiger partial charge in [0.2, 0.25) is 0 Å². The standard InChI is InChI=1S/C9H13N3O4P2/c10-7(9(13)14)3-1-2-4-8(11)12(5-17-15)6-18-16/h7,11H,1-4,10H2,(H,13,14). The molecule has 1 atom stereocenters. The van der Waals surface area contributed by atoms with Gasteiger partial charge in [-0.15, -0.1) is 0 Å². The van der Waals surface area contributed by atoms with Crippen molar-refractivity contribution in [2.45, 2.75) is 31.7 Å². The molecule has 0 aliphatic rings. The van der Waals surface area contributed by atoms with Crippen LogP contribution in [0.3, 0.4) is 0 Å². The van der Waals surface area contributed by atoms with Crippen LogP contribution in [0.25, 0.3) is 0 Å². The van der Waals surface area contributed by atoms with Crippen LogP contribution >= 0.6 is 15.8 Å². The Labute approximate surface area is 106 Å². The molecular formula is C9H13N3O4P2. The molecule has 0 bridgehead atoms. The van der Waals surface area contributed by atoms with E-state index in [1.54, 1.807) is 0 Å². The molecule has 0 aromatic heterocycles. The Balaban J connectivity index is 4.11. The predicted octanol–water partition coefficient (Wildman–Crippen LogP) is 1.65. The second kappa shape index (κ2) is 9.90. The fraction of sp³-hybridized carbons (Fsp3) is 0.556. The molecule has 0 saturated heterocycles. The summed E-state index contributed by atoms with van der Waals surface area (Å²) in [6.45, 7) is 0. The average Bonchev–Trinajstić information content (AvgIpc) is 2.33. The first-order valence-electron chi connectivity index (χ1n) is 5.04. The summed E-state index contributed by atoms with van der Waals surface area (Å²) in [5, 5.41) is 16.1. The van der Waals surface area contributed by atoms with Crippen LogP contribution in [0.15, 0.2) is 0 Å². The van der Waals surface area contributed by atoms with E-state index in [4.69, 9.17) is 16.2 Å². The summed E-state index contributed by atoms with van der Waals surface area (Å²) in [5.41, 5.74) is 5.32. The van der Waals surface area contributed by atoms with Gasteiger partial charge in [-0.3, -0.25) is 0 Å². The van der Waals surface area contributed by atoms with Gasteiger partial charge in [0.15, 0.2) is 0 Å². The van der Waals surface area contributed by atoms with Crippen molar-refractivity contribution in [2.24, 2.45) is 5.73 Å². The second-order valence-electron chi connectivity index (χ2n) is 3.36. The Bertz CT molecular complexity index is 482. The van der Waals surface area contributed by atoms with Gasteiger partial charge in [0.1, 0.15) is 0 Å². The monoisotopic (exact) mass is 289 g/mol. The number of unbranched alkanes of at least 4 members (excludes halogenated alkanes) is 1. The van der Waals surface area contributed by atoms with Crippen molar-refractivity contribution in [1.82, 2.24) is 4.90 Å². The molecule has 0 rings (SSSR count). The summed E-state index contributed by atoms with van der Waals surface area (Å²) in [4.78, 5) is 11.4. The van der Waals surface area contributed by atoms with Crippen LogP contribution in [0.5, 0.6) is 0 Å². The summed E-state index contributed by atoms with van der Waals surface area (Å²) in [5.74, 6) is 3.46. The summed E-state index contributed by atoms with van der Waals surface area (Å²) < 4.78 is 20.6. The van der Waals surface area contributed by atoms with E-state index in [-0.39, 0.29) is 5.84 Å². The van der Waals surface area contributed by atoms with E-state index < -0.39 is 27.8 Å². The van der Waals surface area contributed by atoms with Gasteiger partial charge < -0.3 is 0 Å². The molecular weight excluding hydrogens is 276 g/mol. The first kappa shape index (κ1) is 16.9. The van der Waals surface area contributed by atoms with E-state index in [0.29, 0.717) is 25.7 Å². The molecule has 4 N–H and O–H groups in total. The quantitative estimate of drug-likeness (QED) is 0.224. The Morgan fingerprint density at radius 1 is 1.33 bits per heavy atom. The van der Waals surface area contributed by atoms with E-state index in [1.807, 2.05) is 0 Å². The molecule has 0 spiro atoms. The number of carboxylic acids is 1. The molecule has 0 radical (unpaired) electrons. The fourth-order valence-corrected chi connectivity index (χ4v) is 1.70. The minimum absolute atomic E-state index is 0.0330. The van der Waals surface area contributed by atoms with Crippen molar-refractivity contribution < 1.29 is 19.0 Å². The third-order valence-corrected chi connectivity index (χ3v) is 2.61. The zero-order valence-electron chi connectivity index (χ0n) is 9.50. The number of rotatable bonds is 6. The first-order chi connectivity index (χ1) is 8.52. The Morgan fingerprint density at radius 3 is 2.33 bits per heavy atom. The van der Waals surface area contributed by atoms with E-state index in [2.05, 4.69) is 11.5 Å². The van der Waals surface area contributed by atoms with Crippen molar-refractivity contribution in [3.63, 3.8) is 0 Å². The Kier molecular flexibility index (Phi) is 9.31. The first-order valence-corrected chi connectivity index (χ1v) is 6.67. The van der Waals surface area contributed by atoms with Gasteiger partial charge in [-0.05, 0) is 0 Å². The van der Waals surface area contributed by atoms with Crippen molar-refractivity contribution in [3.05, 3.63) is 0 Å². The third-order valence-electron chi connectivity index (χ3n) is 2.05. The summed E-state index contributed by atoms with van der Waals surface area (Å²) in [7, 11) is -0.872. The number of hydrogen-bond acceptors (Lipinski definition) is 5. The predicted molar refractivity (Wildman–Crippen MR) is 66.6 cm³/mol. The summed E-state index contributed by atoms with van der Waals surface area (Å²) in [6, 6.07) is -0.896. The topological polar surface area (TPSA) is 125 Å². The molecule has 18 heavy (non-hydrogen) atoms. The number of carboxylic acid groups (broad SMARTS) is 1. The molecule has 1 unspecified atom stereocenters. The third kappa shape index (κ3) is 7.29. The molecule has 9 heteroatoms. The molecule has 0 aromatic rings. The van der Waals surface area contributed by atoms with Crippen molar-refractivity contribution >= 4 is 27.6 Å². The van der Waals surface area contributed by atoms with Crippen LogP contribution in [0.4, 0.5) is 0 Å². The molecule has 0 aromatic carbocycles. The van der Waals surface area contributed by atoms with Gasteiger partial charge in [-0.25, -0.2) is 0 Å². The van der Waals surface area contributed by atoms with Crippen molar-refractivity contribution in [2.75, 3.05) is 0 Å². The molecule has 7 nitrogen and oxygen atoms in total. The van der Waals surface area contributed by atoms with E-state index in [0.717, 1.165) is 4.90 Å². The number of carbonyl (C=O) groups is 1. The number of amidine groups is 1. The van der Waals surface area contributed by atoms with Crippen LogP contribution in [0, 0.1) is 16.9 Å². The number of aliphatic carboxylic acids is 1. The maximum absolute atomic E-state index is 10.4. The number of hydrogen-bond donors (Lipinski definition) is 3. The van der Waals surface area contributed by atoms with Gasteiger partial charge in [0, 0.05) is 0 Å². The minimum atomic E-state index is -1.05. The van der Waals surface area contributed by atoms with E-state index in [1.165, 1.54) is 0 Å². The fourth-order valence-electron chi connectivity index (χ4n) is 1.12. The average molecular weight is 289 g/mol.